The second-order valence-corrected chi connectivity index (χ2v) is 8.28. The van der Waals surface area contributed by atoms with Crippen molar-refractivity contribution < 1.29 is 19.0 Å². The zero-order valence-corrected chi connectivity index (χ0v) is 19.0. The first kappa shape index (κ1) is 21.8. The summed E-state index contributed by atoms with van der Waals surface area (Å²) in [4.78, 5) is 16.3. The Morgan fingerprint density at radius 3 is 2.91 bits per heavy atom. The van der Waals surface area contributed by atoms with Gasteiger partial charge in [0.2, 0.25) is 6.79 Å². The molecule has 0 unspecified atom stereocenters. The van der Waals surface area contributed by atoms with Crippen LogP contribution < -0.4 is 14.8 Å². The number of alkyl carbamates (subject to hydrolysis) is 1. The highest BCUT2D eigenvalue weighted by Gasteiger charge is 2.14. The van der Waals surface area contributed by atoms with Gasteiger partial charge in [0.15, 0.2) is 11.5 Å². The number of allylic oxidation sites excluding steroid dienone is 4. The van der Waals surface area contributed by atoms with Gasteiger partial charge in [-0.2, -0.15) is 0 Å². The lowest BCUT2D eigenvalue weighted by atomic mass is 10.0. The number of hydrogen-bond donors (Lipinski definition) is 1. The lowest BCUT2D eigenvalue weighted by Crippen LogP contribution is -2.24. The Labute approximate surface area is 198 Å². The van der Waals surface area contributed by atoms with Crippen molar-refractivity contribution in [1.82, 2.24) is 9.88 Å². The number of aliphatic imine (C=N–C) groups is 1. The zero-order chi connectivity index (χ0) is 23.3. The number of nitrogens with one attached hydrogen (secondary N) is 1. The van der Waals surface area contributed by atoms with Crippen LogP contribution in [0.1, 0.15) is 30.4 Å². The van der Waals surface area contributed by atoms with Gasteiger partial charge in [-0.1, -0.05) is 24.3 Å². The van der Waals surface area contributed by atoms with Crippen molar-refractivity contribution in [2.24, 2.45) is 4.99 Å². The first-order valence-electron chi connectivity index (χ1n) is 11.5. The number of aromatic nitrogens is 1. The van der Waals surface area contributed by atoms with Crippen molar-refractivity contribution in [2.75, 3.05) is 13.4 Å². The lowest BCUT2D eigenvalue weighted by Gasteiger charge is -2.10. The second-order valence-electron chi connectivity index (χ2n) is 8.28. The van der Waals surface area contributed by atoms with Crippen LogP contribution in [0.5, 0.6) is 11.5 Å². The zero-order valence-electron chi connectivity index (χ0n) is 19.0. The van der Waals surface area contributed by atoms with Gasteiger partial charge in [-0.25, -0.2) is 4.79 Å². The van der Waals surface area contributed by atoms with Gasteiger partial charge in [0, 0.05) is 24.7 Å². The minimum Gasteiger partial charge on any atom is -0.454 e. The van der Waals surface area contributed by atoms with Crippen LogP contribution in [0.25, 0.3) is 16.5 Å². The Balaban J connectivity index is 1.10. The molecule has 2 heterocycles. The summed E-state index contributed by atoms with van der Waals surface area (Å²) in [6.07, 6.45) is 10.8. The standard InChI is InChI=1S/C27H27N3O4/c1-28-23-15-21(20-6-2-3-7-20)16-24-22(23)10-12-30(24)11-4-5-13-32-27(31)29-17-19-8-9-25-26(14-19)34-18-33-25/h2,6-10,12,14-16H,1,3-5,11,13,17-18H2,(H,29,31). The van der Waals surface area contributed by atoms with Crippen molar-refractivity contribution in [2.45, 2.75) is 32.4 Å². The van der Waals surface area contributed by atoms with E-state index in [2.05, 4.69) is 64.2 Å². The normalized spacial score (nSPS) is 13.8. The summed E-state index contributed by atoms with van der Waals surface area (Å²) >= 11 is 0. The minimum absolute atomic E-state index is 0.232. The van der Waals surface area contributed by atoms with Crippen LogP contribution in [0.15, 0.2) is 65.8 Å². The third kappa shape index (κ3) is 4.69. The maximum Gasteiger partial charge on any atom is 0.407 e. The van der Waals surface area contributed by atoms with E-state index in [-0.39, 0.29) is 6.79 Å². The molecule has 1 aliphatic carbocycles. The third-order valence-corrected chi connectivity index (χ3v) is 6.04. The smallest absolute Gasteiger partial charge is 0.407 e. The van der Waals surface area contributed by atoms with Crippen molar-refractivity contribution >= 4 is 35.0 Å². The van der Waals surface area contributed by atoms with Crippen LogP contribution in [-0.4, -0.2) is 30.8 Å². The van der Waals surface area contributed by atoms with E-state index in [0.29, 0.717) is 18.9 Å². The molecular weight excluding hydrogens is 430 g/mol. The minimum atomic E-state index is -0.423. The van der Waals surface area contributed by atoms with Gasteiger partial charge in [-0.15, -0.1) is 0 Å². The highest BCUT2D eigenvalue weighted by Crippen LogP contribution is 2.34. The summed E-state index contributed by atoms with van der Waals surface area (Å²) in [6.45, 7) is 5.56. The molecule has 0 spiro atoms. The largest absolute Gasteiger partial charge is 0.454 e. The first-order valence-corrected chi connectivity index (χ1v) is 11.5. The molecule has 0 saturated heterocycles. The van der Waals surface area contributed by atoms with Crippen LogP contribution >= 0.6 is 0 Å². The number of nitrogens with zero attached hydrogens (tertiary/aromatic N) is 2. The van der Waals surface area contributed by atoms with E-state index >= 15 is 0 Å². The van der Waals surface area contributed by atoms with E-state index in [1.807, 2.05) is 18.2 Å². The fourth-order valence-electron chi connectivity index (χ4n) is 4.27. The molecule has 3 aromatic rings. The third-order valence-electron chi connectivity index (χ3n) is 6.04. The summed E-state index contributed by atoms with van der Waals surface area (Å²) in [7, 11) is 0. The van der Waals surface area contributed by atoms with Crippen molar-refractivity contribution in [1.29, 1.82) is 0 Å². The average molecular weight is 458 g/mol. The number of benzene rings is 2. The van der Waals surface area contributed by atoms with E-state index in [1.54, 1.807) is 0 Å². The molecule has 0 atom stereocenters. The molecule has 1 N–H and O–H groups in total. The quantitative estimate of drug-likeness (QED) is 0.328. The van der Waals surface area contributed by atoms with Crippen LogP contribution in [0.4, 0.5) is 10.5 Å². The number of ether oxygens (including phenoxy) is 3. The summed E-state index contributed by atoms with van der Waals surface area (Å²) in [6, 6.07) is 12.0. The highest BCUT2D eigenvalue weighted by molar-refractivity contribution is 5.96. The Morgan fingerprint density at radius 2 is 2.06 bits per heavy atom. The Hall–Kier alpha value is -4.00. The molecule has 0 bridgehead atoms. The molecule has 1 amide bonds. The maximum atomic E-state index is 12.0. The molecule has 34 heavy (non-hydrogen) atoms. The van der Waals surface area contributed by atoms with Gasteiger partial charge in [-0.3, -0.25) is 4.99 Å². The predicted octanol–water partition coefficient (Wildman–Crippen LogP) is 5.75. The van der Waals surface area contributed by atoms with Crippen LogP contribution in [0, 0.1) is 0 Å². The molecule has 0 fully saturated rings. The topological polar surface area (TPSA) is 74.1 Å². The number of amides is 1. The predicted molar refractivity (Wildman–Crippen MR) is 133 cm³/mol. The molecule has 1 aromatic heterocycles. The number of fused-ring (bicyclic) bond motifs is 2. The molecule has 2 aromatic carbocycles. The van der Waals surface area contributed by atoms with E-state index < -0.39 is 6.09 Å². The van der Waals surface area contributed by atoms with Gasteiger partial charge < -0.3 is 24.1 Å². The molecule has 1 aliphatic heterocycles. The van der Waals surface area contributed by atoms with Crippen LogP contribution in [-0.2, 0) is 17.8 Å². The number of hydrogen-bond acceptors (Lipinski definition) is 5. The molecule has 5 rings (SSSR count). The maximum absolute atomic E-state index is 12.0. The molecule has 7 nitrogen and oxygen atoms in total. The number of carbonyl (C=O) groups excluding carboxylic acids is 1. The molecular formula is C27H27N3O4. The van der Waals surface area contributed by atoms with Crippen molar-refractivity contribution in [3.8, 4) is 11.5 Å². The Kier molecular flexibility index (Phi) is 6.33. The molecule has 2 aliphatic rings. The highest BCUT2D eigenvalue weighted by atomic mass is 16.7. The van der Waals surface area contributed by atoms with E-state index in [9.17, 15) is 4.79 Å². The fraction of sp³-hybridized carbons (Fsp3) is 0.259. The monoisotopic (exact) mass is 457 g/mol. The van der Waals surface area contributed by atoms with E-state index in [1.165, 1.54) is 5.57 Å². The van der Waals surface area contributed by atoms with Crippen LogP contribution in [0.2, 0.25) is 0 Å². The molecule has 7 heteroatoms. The average Bonchev–Trinajstić information content (AvgIpc) is 3.62. The number of aryl methyl sites for hydroxylation is 1. The van der Waals surface area contributed by atoms with Gasteiger partial charge in [-0.05, 0) is 73.0 Å². The summed E-state index contributed by atoms with van der Waals surface area (Å²) in [5.74, 6) is 1.42. The van der Waals surface area contributed by atoms with Crippen LogP contribution in [0.3, 0.4) is 0 Å². The Morgan fingerprint density at radius 1 is 1.15 bits per heavy atom. The number of unbranched alkanes of at least 4 members (excludes halogenated alkanes) is 1. The van der Waals surface area contributed by atoms with Crippen molar-refractivity contribution in [3.63, 3.8) is 0 Å². The first-order chi connectivity index (χ1) is 16.7. The van der Waals surface area contributed by atoms with Gasteiger partial charge in [0.25, 0.3) is 0 Å². The Bertz CT molecular complexity index is 1290. The lowest BCUT2D eigenvalue weighted by molar-refractivity contribution is 0.143. The van der Waals surface area contributed by atoms with E-state index in [0.717, 1.165) is 59.3 Å². The van der Waals surface area contributed by atoms with Gasteiger partial charge in [0.05, 0.1) is 17.8 Å². The number of carbonyl (C=O) groups is 1. The molecule has 0 saturated carbocycles. The second kappa shape index (κ2) is 9.87. The fourth-order valence-corrected chi connectivity index (χ4v) is 4.27. The number of rotatable bonds is 9. The van der Waals surface area contributed by atoms with Gasteiger partial charge >= 0.3 is 6.09 Å². The summed E-state index contributed by atoms with van der Waals surface area (Å²) in [5.41, 5.74) is 5.35. The summed E-state index contributed by atoms with van der Waals surface area (Å²) < 4.78 is 18.2. The van der Waals surface area contributed by atoms with E-state index in [4.69, 9.17) is 14.2 Å². The molecule has 174 valence electrons. The van der Waals surface area contributed by atoms with Gasteiger partial charge in [0.1, 0.15) is 0 Å². The molecule has 0 radical (unpaired) electrons. The SMILES string of the molecule is C=Nc1cc(C2=CCC=C2)cc2c1ccn2CCCCOC(=O)NCc1ccc2c(c1)OCO2. The summed E-state index contributed by atoms with van der Waals surface area (Å²) in [5, 5.41) is 3.87. The van der Waals surface area contributed by atoms with Crippen molar-refractivity contribution in [3.05, 3.63) is 72.0 Å².